The van der Waals surface area contributed by atoms with E-state index in [0.29, 0.717) is 11.5 Å². The minimum Gasteiger partial charge on any atom is -0.426 e. The summed E-state index contributed by atoms with van der Waals surface area (Å²) in [5, 5.41) is 10.7. The Labute approximate surface area is 97.3 Å². The van der Waals surface area contributed by atoms with E-state index in [1.54, 1.807) is 0 Å². The van der Waals surface area contributed by atoms with Crippen molar-refractivity contribution in [2.24, 2.45) is 0 Å². The summed E-state index contributed by atoms with van der Waals surface area (Å²) in [7, 11) is 0. The monoisotopic (exact) mass is 240 g/mol. The summed E-state index contributed by atoms with van der Waals surface area (Å²) in [5.74, 6) is -0.217. The molecular formula is C11H11FNO4. The highest BCUT2D eigenvalue weighted by atomic mass is 19.1. The second kappa shape index (κ2) is 5.38. The number of nitro benzene ring substituents is 1. The molecule has 0 bridgehead atoms. The van der Waals surface area contributed by atoms with Crippen LogP contribution in [0.2, 0.25) is 0 Å². The van der Waals surface area contributed by atoms with Crippen LogP contribution in [0.5, 0.6) is 5.75 Å². The average Bonchev–Trinajstić information content (AvgIpc) is 2.26. The van der Waals surface area contributed by atoms with Crippen LogP contribution in [0.25, 0.3) is 0 Å². The fraction of sp³-hybridized carbons (Fsp3) is 0.273. The predicted octanol–water partition coefficient (Wildman–Crippen LogP) is 2.43. The summed E-state index contributed by atoms with van der Waals surface area (Å²) in [5.41, 5.74) is 0.101. The van der Waals surface area contributed by atoms with Gasteiger partial charge in [-0.1, -0.05) is 6.92 Å². The van der Waals surface area contributed by atoms with E-state index in [1.807, 2.05) is 0 Å². The Morgan fingerprint density at radius 1 is 1.41 bits per heavy atom. The van der Waals surface area contributed by atoms with Crippen LogP contribution >= 0.6 is 0 Å². The van der Waals surface area contributed by atoms with Crippen LogP contribution in [0, 0.1) is 16.0 Å². The summed E-state index contributed by atoms with van der Waals surface area (Å²) in [6.45, 7) is 1.97. The topological polar surface area (TPSA) is 69.4 Å². The zero-order valence-corrected chi connectivity index (χ0v) is 9.40. The summed E-state index contributed by atoms with van der Waals surface area (Å²) in [6, 6.07) is 3.75. The fourth-order valence-corrected chi connectivity index (χ4v) is 1.24. The normalized spacial score (nSPS) is 10.4. The number of alkyl halides is 1. The Morgan fingerprint density at radius 3 is 2.53 bits per heavy atom. The minimum absolute atomic E-state index is 0.0366. The Balaban J connectivity index is 3.18. The van der Waals surface area contributed by atoms with Crippen LogP contribution in [0.15, 0.2) is 18.2 Å². The first-order valence-corrected chi connectivity index (χ1v) is 4.80. The van der Waals surface area contributed by atoms with E-state index < -0.39 is 17.6 Å². The van der Waals surface area contributed by atoms with Crippen molar-refractivity contribution in [1.29, 1.82) is 0 Å². The SMILES string of the molecule is C[C](CF)c1cc(OC(C)=O)cc([N+](=O)[O-])c1. The largest absolute Gasteiger partial charge is 0.426 e. The molecule has 91 valence electrons. The summed E-state index contributed by atoms with van der Waals surface area (Å²) in [6.07, 6.45) is 0. The van der Waals surface area contributed by atoms with Crippen molar-refractivity contribution in [3.8, 4) is 5.75 Å². The van der Waals surface area contributed by atoms with E-state index in [0.717, 1.165) is 6.07 Å². The van der Waals surface area contributed by atoms with E-state index in [1.165, 1.54) is 26.0 Å². The molecule has 0 saturated heterocycles. The number of hydrogen-bond donors (Lipinski definition) is 0. The summed E-state index contributed by atoms with van der Waals surface area (Å²) >= 11 is 0. The average molecular weight is 240 g/mol. The number of ether oxygens (including phenoxy) is 1. The summed E-state index contributed by atoms with van der Waals surface area (Å²) < 4.78 is 17.2. The standard InChI is InChI=1S/C11H11FNO4/c1-7(6-12)9-3-10(13(15)16)5-11(4-9)17-8(2)14/h3-5H,6H2,1-2H3. The minimum atomic E-state index is -0.722. The molecule has 0 N–H and O–H groups in total. The molecule has 1 radical (unpaired) electrons. The second-order valence-corrected chi connectivity index (χ2v) is 3.48. The first-order chi connectivity index (χ1) is 7.93. The molecule has 1 rings (SSSR count). The van der Waals surface area contributed by atoms with Gasteiger partial charge in [-0.15, -0.1) is 0 Å². The highest BCUT2D eigenvalue weighted by Crippen LogP contribution is 2.27. The predicted molar refractivity (Wildman–Crippen MR) is 58.4 cm³/mol. The van der Waals surface area contributed by atoms with Gasteiger partial charge in [0.25, 0.3) is 5.69 Å². The lowest BCUT2D eigenvalue weighted by Crippen LogP contribution is -2.04. The molecule has 6 heteroatoms. The van der Waals surface area contributed by atoms with Gasteiger partial charge >= 0.3 is 5.97 Å². The van der Waals surface area contributed by atoms with Crippen LogP contribution in [-0.2, 0) is 4.79 Å². The van der Waals surface area contributed by atoms with Gasteiger partial charge < -0.3 is 4.74 Å². The van der Waals surface area contributed by atoms with Crippen molar-refractivity contribution in [1.82, 2.24) is 0 Å². The van der Waals surface area contributed by atoms with Gasteiger partial charge in [0.15, 0.2) is 0 Å². The van der Waals surface area contributed by atoms with Gasteiger partial charge in [0.1, 0.15) is 5.75 Å². The lowest BCUT2D eigenvalue weighted by Gasteiger charge is -2.08. The molecule has 0 amide bonds. The Bertz CT molecular complexity index is 447. The van der Waals surface area contributed by atoms with Crippen LogP contribution in [0.4, 0.5) is 10.1 Å². The maximum Gasteiger partial charge on any atom is 0.308 e. The molecule has 0 heterocycles. The first-order valence-electron chi connectivity index (χ1n) is 4.80. The number of nitrogens with zero attached hydrogens (tertiary/aromatic N) is 1. The van der Waals surface area contributed by atoms with Gasteiger partial charge in [0.2, 0.25) is 0 Å². The number of carbonyl (C=O) groups is 1. The third kappa shape index (κ3) is 3.51. The van der Waals surface area contributed by atoms with E-state index in [4.69, 9.17) is 4.74 Å². The van der Waals surface area contributed by atoms with Crippen molar-refractivity contribution in [3.05, 3.63) is 39.8 Å². The van der Waals surface area contributed by atoms with Gasteiger partial charge in [-0.05, 0) is 11.6 Å². The third-order valence-electron chi connectivity index (χ3n) is 2.06. The van der Waals surface area contributed by atoms with Gasteiger partial charge in [-0.25, -0.2) is 0 Å². The van der Waals surface area contributed by atoms with Gasteiger partial charge in [-0.3, -0.25) is 19.3 Å². The molecule has 0 unspecified atom stereocenters. The van der Waals surface area contributed by atoms with E-state index in [-0.39, 0.29) is 11.4 Å². The number of nitro groups is 1. The maximum absolute atomic E-state index is 12.5. The van der Waals surface area contributed by atoms with Crippen molar-refractivity contribution >= 4 is 11.7 Å². The number of benzene rings is 1. The van der Waals surface area contributed by atoms with Crippen LogP contribution < -0.4 is 4.74 Å². The lowest BCUT2D eigenvalue weighted by molar-refractivity contribution is -0.385. The van der Waals surface area contributed by atoms with Crippen molar-refractivity contribution in [2.45, 2.75) is 13.8 Å². The molecule has 5 nitrogen and oxygen atoms in total. The molecule has 0 aliphatic rings. The van der Waals surface area contributed by atoms with Crippen molar-refractivity contribution < 1.29 is 18.8 Å². The number of hydrogen-bond acceptors (Lipinski definition) is 4. The molecule has 1 aromatic rings. The van der Waals surface area contributed by atoms with Gasteiger partial charge in [0, 0.05) is 18.9 Å². The van der Waals surface area contributed by atoms with Crippen molar-refractivity contribution in [2.75, 3.05) is 6.67 Å². The maximum atomic E-state index is 12.5. The quantitative estimate of drug-likeness (QED) is 0.351. The Morgan fingerprint density at radius 2 is 2.06 bits per heavy atom. The molecular weight excluding hydrogens is 229 g/mol. The molecule has 0 aliphatic carbocycles. The number of rotatable bonds is 4. The van der Waals surface area contributed by atoms with Crippen molar-refractivity contribution in [3.63, 3.8) is 0 Å². The zero-order valence-electron chi connectivity index (χ0n) is 9.40. The van der Waals surface area contributed by atoms with Crippen LogP contribution in [-0.4, -0.2) is 17.6 Å². The lowest BCUT2D eigenvalue weighted by atomic mass is 10.0. The highest BCUT2D eigenvalue weighted by Gasteiger charge is 2.15. The highest BCUT2D eigenvalue weighted by molar-refractivity contribution is 5.70. The molecule has 0 atom stereocenters. The zero-order chi connectivity index (χ0) is 13.0. The van der Waals surface area contributed by atoms with Gasteiger partial charge in [0.05, 0.1) is 17.7 Å². The van der Waals surface area contributed by atoms with Crippen LogP contribution in [0.3, 0.4) is 0 Å². The second-order valence-electron chi connectivity index (χ2n) is 3.48. The third-order valence-corrected chi connectivity index (χ3v) is 2.06. The summed E-state index contributed by atoms with van der Waals surface area (Å²) in [4.78, 5) is 20.8. The molecule has 17 heavy (non-hydrogen) atoms. The van der Waals surface area contributed by atoms with Crippen LogP contribution in [0.1, 0.15) is 19.4 Å². The van der Waals surface area contributed by atoms with Gasteiger partial charge in [-0.2, -0.15) is 0 Å². The number of halogens is 1. The first kappa shape index (κ1) is 13.1. The molecule has 0 spiro atoms. The Hall–Kier alpha value is -1.98. The molecule has 0 aromatic heterocycles. The molecule has 0 saturated carbocycles. The Kier molecular flexibility index (Phi) is 4.14. The number of carbonyl (C=O) groups excluding carboxylic acids is 1. The fourth-order valence-electron chi connectivity index (χ4n) is 1.24. The van der Waals surface area contributed by atoms with E-state index >= 15 is 0 Å². The molecule has 0 fully saturated rings. The number of esters is 1. The van der Waals surface area contributed by atoms with E-state index in [9.17, 15) is 19.3 Å². The number of non-ortho nitro benzene ring substituents is 1. The smallest absolute Gasteiger partial charge is 0.308 e. The molecule has 1 aromatic carbocycles. The van der Waals surface area contributed by atoms with E-state index in [2.05, 4.69) is 0 Å². The molecule has 0 aliphatic heterocycles.